The maximum absolute atomic E-state index is 10.4. The molecule has 0 aromatic carbocycles. The standard InChI is InChI=1S/C10H21NO3S3/c12-17(13,14)9-7-11-6-3-1-2-4-10-5-8-15-16-10/h10-11H,1-9H2,(H,12,13,14). The van der Waals surface area contributed by atoms with Crippen LogP contribution in [0.4, 0.5) is 0 Å². The van der Waals surface area contributed by atoms with Crippen LogP contribution in [-0.2, 0) is 10.1 Å². The lowest BCUT2D eigenvalue weighted by atomic mass is 10.1. The summed E-state index contributed by atoms with van der Waals surface area (Å²) in [5.41, 5.74) is 0. The molecule has 1 unspecified atom stereocenters. The van der Waals surface area contributed by atoms with E-state index < -0.39 is 10.1 Å². The zero-order valence-electron chi connectivity index (χ0n) is 9.93. The first kappa shape index (κ1) is 15.6. The summed E-state index contributed by atoms with van der Waals surface area (Å²) in [6.45, 7) is 1.18. The number of rotatable bonds is 9. The molecule has 1 aliphatic rings. The minimum Gasteiger partial charge on any atom is -0.316 e. The van der Waals surface area contributed by atoms with Crippen LogP contribution < -0.4 is 5.32 Å². The predicted molar refractivity (Wildman–Crippen MR) is 76.2 cm³/mol. The second-order valence-corrected chi connectivity index (χ2v) is 8.57. The molecule has 1 heterocycles. The van der Waals surface area contributed by atoms with Gasteiger partial charge in [0, 0.05) is 17.5 Å². The molecule has 0 aromatic heterocycles. The van der Waals surface area contributed by atoms with Crippen LogP contribution in [0.1, 0.15) is 32.1 Å². The Morgan fingerprint density at radius 3 is 2.71 bits per heavy atom. The average molecular weight is 299 g/mol. The van der Waals surface area contributed by atoms with E-state index in [1.54, 1.807) is 0 Å². The molecule has 0 aromatic rings. The highest BCUT2D eigenvalue weighted by molar-refractivity contribution is 8.77. The van der Waals surface area contributed by atoms with Crippen molar-refractivity contribution in [1.29, 1.82) is 0 Å². The van der Waals surface area contributed by atoms with Gasteiger partial charge in [0.05, 0.1) is 5.75 Å². The quantitative estimate of drug-likeness (QED) is 0.386. The molecular weight excluding hydrogens is 278 g/mol. The Labute approximate surface area is 112 Å². The van der Waals surface area contributed by atoms with Gasteiger partial charge in [0.2, 0.25) is 0 Å². The topological polar surface area (TPSA) is 66.4 Å². The van der Waals surface area contributed by atoms with Gasteiger partial charge in [-0.3, -0.25) is 4.55 Å². The van der Waals surface area contributed by atoms with E-state index in [1.807, 2.05) is 21.6 Å². The first-order valence-corrected chi connectivity index (χ1v) is 10.0. The third kappa shape index (κ3) is 9.18. The van der Waals surface area contributed by atoms with Crippen molar-refractivity contribution >= 4 is 31.7 Å². The van der Waals surface area contributed by atoms with Crippen molar-refractivity contribution in [3.8, 4) is 0 Å². The first-order valence-electron chi connectivity index (χ1n) is 6.02. The van der Waals surface area contributed by atoms with Crippen LogP contribution in [0.25, 0.3) is 0 Å². The second kappa shape index (κ2) is 8.63. The summed E-state index contributed by atoms with van der Waals surface area (Å²) < 4.78 is 29.4. The van der Waals surface area contributed by atoms with Gasteiger partial charge in [-0.25, -0.2) is 0 Å². The summed E-state index contributed by atoms with van der Waals surface area (Å²) in [6, 6.07) is 0. The molecule has 2 N–H and O–H groups in total. The highest BCUT2D eigenvalue weighted by Crippen LogP contribution is 2.39. The zero-order valence-corrected chi connectivity index (χ0v) is 12.4. The average Bonchev–Trinajstić information content (AvgIpc) is 2.73. The van der Waals surface area contributed by atoms with Crippen LogP contribution in [0.5, 0.6) is 0 Å². The van der Waals surface area contributed by atoms with Crippen LogP contribution in [0.2, 0.25) is 0 Å². The van der Waals surface area contributed by atoms with E-state index in [1.165, 1.54) is 31.4 Å². The van der Waals surface area contributed by atoms with Gasteiger partial charge in [0.25, 0.3) is 10.1 Å². The normalized spacial score (nSPS) is 20.9. The molecule has 17 heavy (non-hydrogen) atoms. The minimum atomic E-state index is -3.80. The van der Waals surface area contributed by atoms with Crippen molar-refractivity contribution < 1.29 is 13.0 Å². The van der Waals surface area contributed by atoms with Crippen molar-refractivity contribution in [2.24, 2.45) is 0 Å². The Kier molecular flexibility index (Phi) is 7.94. The van der Waals surface area contributed by atoms with Gasteiger partial charge >= 0.3 is 0 Å². The number of unbranched alkanes of at least 4 members (excludes halogenated alkanes) is 2. The summed E-state index contributed by atoms with van der Waals surface area (Å²) in [4.78, 5) is 0. The summed E-state index contributed by atoms with van der Waals surface area (Å²) in [6.07, 6.45) is 6.19. The molecule has 1 aliphatic heterocycles. The summed E-state index contributed by atoms with van der Waals surface area (Å²) in [5.74, 6) is 1.11. The smallest absolute Gasteiger partial charge is 0.266 e. The molecule has 0 saturated carbocycles. The van der Waals surface area contributed by atoms with Crippen molar-refractivity contribution in [2.75, 3.05) is 24.6 Å². The number of hydrogen-bond acceptors (Lipinski definition) is 5. The maximum Gasteiger partial charge on any atom is 0.266 e. The summed E-state index contributed by atoms with van der Waals surface area (Å²) >= 11 is 0. The highest BCUT2D eigenvalue weighted by Gasteiger charge is 2.15. The van der Waals surface area contributed by atoms with Crippen LogP contribution in [0.3, 0.4) is 0 Å². The molecule has 0 aliphatic carbocycles. The number of nitrogens with one attached hydrogen (secondary N) is 1. The molecule has 102 valence electrons. The zero-order chi connectivity index (χ0) is 12.6. The third-order valence-corrected chi connectivity index (χ3v) is 6.37. The van der Waals surface area contributed by atoms with E-state index in [2.05, 4.69) is 5.32 Å². The fraction of sp³-hybridized carbons (Fsp3) is 1.00. The Hall–Kier alpha value is 0.570. The Morgan fingerprint density at radius 1 is 1.24 bits per heavy atom. The monoisotopic (exact) mass is 299 g/mol. The Bertz CT molecular complexity index is 289. The van der Waals surface area contributed by atoms with E-state index in [9.17, 15) is 8.42 Å². The van der Waals surface area contributed by atoms with Gasteiger partial charge in [-0.15, -0.1) is 0 Å². The molecular formula is C10H21NO3S3. The molecule has 1 atom stereocenters. The van der Waals surface area contributed by atoms with E-state index in [4.69, 9.17) is 4.55 Å². The largest absolute Gasteiger partial charge is 0.316 e. The predicted octanol–water partition coefficient (Wildman–Crippen LogP) is 2.18. The van der Waals surface area contributed by atoms with Crippen molar-refractivity contribution in [3.63, 3.8) is 0 Å². The fourth-order valence-corrected chi connectivity index (χ4v) is 5.12. The lowest BCUT2D eigenvalue weighted by Gasteiger charge is -2.07. The Balaban J connectivity index is 1.81. The van der Waals surface area contributed by atoms with Crippen molar-refractivity contribution in [2.45, 2.75) is 37.4 Å². The maximum atomic E-state index is 10.4. The molecule has 4 nitrogen and oxygen atoms in total. The molecule has 0 bridgehead atoms. The van der Waals surface area contributed by atoms with Crippen molar-refractivity contribution in [1.82, 2.24) is 5.32 Å². The SMILES string of the molecule is O=S(=O)(O)CCNCCCCCC1CCSS1. The number of hydrogen-bond donors (Lipinski definition) is 2. The highest BCUT2D eigenvalue weighted by atomic mass is 33.1. The lowest BCUT2D eigenvalue weighted by molar-refractivity contribution is 0.480. The van der Waals surface area contributed by atoms with Crippen LogP contribution in [0, 0.1) is 0 Å². The molecule has 0 amide bonds. The van der Waals surface area contributed by atoms with Crippen molar-refractivity contribution in [3.05, 3.63) is 0 Å². The molecule has 0 spiro atoms. The minimum absolute atomic E-state index is 0.192. The summed E-state index contributed by atoms with van der Waals surface area (Å²) in [5, 5.41) is 3.88. The van der Waals surface area contributed by atoms with E-state index in [-0.39, 0.29) is 5.75 Å². The molecule has 1 fully saturated rings. The van der Waals surface area contributed by atoms with E-state index >= 15 is 0 Å². The lowest BCUT2D eigenvalue weighted by Crippen LogP contribution is -2.23. The van der Waals surface area contributed by atoms with E-state index in [0.717, 1.165) is 18.2 Å². The molecule has 1 saturated heterocycles. The summed E-state index contributed by atoms with van der Waals surface area (Å²) in [7, 11) is 0.207. The first-order chi connectivity index (χ1) is 8.08. The van der Waals surface area contributed by atoms with Gasteiger partial charge in [0.1, 0.15) is 0 Å². The second-order valence-electron chi connectivity index (χ2n) is 4.21. The molecule has 1 rings (SSSR count). The van der Waals surface area contributed by atoms with Gasteiger partial charge in [-0.05, 0) is 25.8 Å². The van der Waals surface area contributed by atoms with Gasteiger partial charge in [-0.2, -0.15) is 8.42 Å². The van der Waals surface area contributed by atoms with Crippen LogP contribution >= 0.6 is 21.6 Å². The Morgan fingerprint density at radius 2 is 2.06 bits per heavy atom. The van der Waals surface area contributed by atoms with Gasteiger partial charge in [0.15, 0.2) is 0 Å². The molecule has 7 heteroatoms. The van der Waals surface area contributed by atoms with Crippen LogP contribution in [0.15, 0.2) is 0 Å². The third-order valence-electron chi connectivity index (χ3n) is 2.64. The fourth-order valence-electron chi connectivity index (χ4n) is 1.69. The van der Waals surface area contributed by atoms with Crippen LogP contribution in [-0.4, -0.2) is 42.8 Å². The van der Waals surface area contributed by atoms with Gasteiger partial charge < -0.3 is 5.32 Å². The van der Waals surface area contributed by atoms with E-state index in [0.29, 0.717) is 6.54 Å². The molecule has 0 radical (unpaired) electrons. The van der Waals surface area contributed by atoms with Gasteiger partial charge in [-0.1, -0.05) is 34.4 Å².